The maximum atomic E-state index is 10.1. The lowest BCUT2D eigenvalue weighted by atomic mass is 9.59. The van der Waals surface area contributed by atoms with Gasteiger partial charge in [0.15, 0.2) is 0 Å². The number of ether oxygens (including phenoxy) is 1. The largest absolute Gasteiger partial charge is 0.381 e. The molecule has 3 heteroatoms. The number of carbonyl (C=O) groups excluding carboxylic acids is 1. The van der Waals surface area contributed by atoms with E-state index in [1.807, 2.05) is 20.8 Å². The zero-order chi connectivity index (χ0) is 24.3. The summed E-state index contributed by atoms with van der Waals surface area (Å²) in [6.45, 7) is 25.6. The molecule has 0 bridgehead atoms. The fourth-order valence-electron chi connectivity index (χ4n) is 3.73. The fraction of sp³-hybridized carbons (Fsp3) is 0.821. The van der Waals surface area contributed by atoms with Gasteiger partial charge in [0.25, 0.3) is 0 Å². The molecule has 1 aliphatic carbocycles. The molecule has 1 saturated carbocycles. The lowest BCUT2D eigenvalue weighted by molar-refractivity contribution is -0.105. The van der Waals surface area contributed by atoms with Crippen molar-refractivity contribution in [1.82, 2.24) is 0 Å². The highest BCUT2D eigenvalue weighted by Gasteiger charge is 2.40. The molecule has 0 aromatic rings. The Morgan fingerprint density at radius 1 is 1.23 bits per heavy atom. The molecular formula is C28H57BrO2. The summed E-state index contributed by atoms with van der Waals surface area (Å²) in [6.07, 6.45) is 7.84. The van der Waals surface area contributed by atoms with Crippen LogP contribution in [0.15, 0.2) is 22.7 Å². The van der Waals surface area contributed by atoms with Crippen LogP contribution < -0.4 is 0 Å². The van der Waals surface area contributed by atoms with Crippen molar-refractivity contribution in [2.24, 2.45) is 23.2 Å². The Kier molecular flexibility index (Phi) is 27.8. The second-order valence-electron chi connectivity index (χ2n) is 9.14. The van der Waals surface area contributed by atoms with Crippen molar-refractivity contribution >= 4 is 22.2 Å². The smallest absolute Gasteiger partial charge is 0.145 e. The quantitative estimate of drug-likeness (QED) is 0.254. The zero-order valence-corrected chi connectivity index (χ0v) is 23.7. The van der Waals surface area contributed by atoms with Gasteiger partial charge in [-0.2, -0.15) is 0 Å². The van der Waals surface area contributed by atoms with E-state index in [0.29, 0.717) is 17.4 Å². The van der Waals surface area contributed by atoms with Gasteiger partial charge in [0.1, 0.15) is 6.29 Å². The number of aldehydes is 1. The first-order valence-electron chi connectivity index (χ1n) is 12.0. The summed E-state index contributed by atoms with van der Waals surface area (Å²) in [7, 11) is 1.65. The van der Waals surface area contributed by atoms with E-state index >= 15 is 0 Å². The number of allylic oxidation sites excluding steroid dienone is 1. The molecule has 0 heterocycles. The summed E-state index contributed by atoms with van der Waals surface area (Å²) >= 11 is 3.53. The van der Waals surface area contributed by atoms with Crippen molar-refractivity contribution in [3.05, 3.63) is 22.7 Å². The molecule has 0 aromatic heterocycles. The molecule has 0 N–H and O–H groups in total. The molecule has 0 amide bonds. The molecule has 1 rings (SSSR count). The van der Waals surface area contributed by atoms with Crippen molar-refractivity contribution in [2.75, 3.05) is 7.11 Å². The molecule has 3 atom stereocenters. The molecule has 0 aromatic carbocycles. The Morgan fingerprint density at radius 3 is 2.00 bits per heavy atom. The van der Waals surface area contributed by atoms with Crippen LogP contribution >= 0.6 is 15.9 Å². The van der Waals surface area contributed by atoms with Crippen LogP contribution in [0.1, 0.15) is 115 Å². The van der Waals surface area contributed by atoms with Crippen molar-refractivity contribution in [2.45, 2.75) is 121 Å². The third-order valence-corrected chi connectivity index (χ3v) is 6.33. The molecule has 0 aliphatic heterocycles. The van der Waals surface area contributed by atoms with Crippen molar-refractivity contribution in [3.8, 4) is 0 Å². The second kappa shape index (κ2) is 22.8. The summed E-state index contributed by atoms with van der Waals surface area (Å²) in [5.41, 5.74) is 2.76. The Hall–Kier alpha value is -0.410. The van der Waals surface area contributed by atoms with E-state index in [9.17, 15) is 4.79 Å². The van der Waals surface area contributed by atoms with Gasteiger partial charge in [0, 0.05) is 13.5 Å². The number of methoxy groups -OCH3 is 1. The maximum absolute atomic E-state index is 10.1. The Labute approximate surface area is 205 Å². The summed E-state index contributed by atoms with van der Waals surface area (Å²) in [6, 6.07) is 0. The van der Waals surface area contributed by atoms with E-state index in [4.69, 9.17) is 4.74 Å². The van der Waals surface area contributed by atoms with Gasteiger partial charge in [-0.25, -0.2) is 0 Å². The van der Waals surface area contributed by atoms with Crippen LogP contribution in [-0.4, -0.2) is 19.5 Å². The first-order valence-corrected chi connectivity index (χ1v) is 12.9. The SMILES string of the molecule is C.C=C(C=O)CC(CC)OC.CC.CC(C)C.CCC1/C(=C/Br)CCCC1(C)C(C)C. The molecular weight excluding hydrogens is 448 g/mol. The van der Waals surface area contributed by atoms with Gasteiger partial charge in [-0.1, -0.05) is 105 Å². The molecule has 0 spiro atoms. The van der Waals surface area contributed by atoms with Crippen LogP contribution in [-0.2, 0) is 9.53 Å². The molecule has 1 aliphatic rings. The predicted octanol–water partition coefficient (Wildman–Crippen LogP) is 10.0. The van der Waals surface area contributed by atoms with Crippen LogP contribution in [0, 0.1) is 23.2 Å². The summed E-state index contributed by atoms with van der Waals surface area (Å²) in [4.78, 5) is 12.3. The van der Waals surface area contributed by atoms with E-state index in [2.05, 4.69) is 76.0 Å². The van der Waals surface area contributed by atoms with E-state index in [1.165, 1.54) is 25.7 Å². The highest BCUT2D eigenvalue weighted by Crippen LogP contribution is 2.50. The molecule has 0 radical (unpaired) electrons. The van der Waals surface area contributed by atoms with Crippen LogP contribution in [0.4, 0.5) is 0 Å². The molecule has 188 valence electrons. The Balaban J connectivity index is -0.000000189. The molecule has 2 nitrogen and oxygen atoms in total. The summed E-state index contributed by atoms with van der Waals surface area (Å²) in [5.74, 6) is 2.41. The number of rotatable bonds is 7. The lowest BCUT2D eigenvalue weighted by Crippen LogP contribution is -2.36. The van der Waals surface area contributed by atoms with Crippen molar-refractivity contribution in [3.63, 3.8) is 0 Å². The monoisotopic (exact) mass is 504 g/mol. The van der Waals surface area contributed by atoms with E-state index in [0.717, 1.165) is 30.5 Å². The van der Waals surface area contributed by atoms with Gasteiger partial charge in [0.2, 0.25) is 0 Å². The van der Waals surface area contributed by atoms with Crippen LogP contribution in [0.5, 0.6) is 0 Å². The Bertz CT molecular complexity index is 447. The topological polar surface area (TPSA) is 26.3 Å². The highest BCUT2D eigenvalue weighted by atomic mass is 79.9. The molecule has 3 unspecified atom stereocenters. The van der Waals surface area contributed by atoms with Gasteiger partial charge in [0.05, 0.1) is 6.10 Å². The average Bonchev–Trinajstić information content (AvgIpc) is 2.72. The average molecular weight is 506 g/mol. The second-order valence-corrected chi connectivity index (χ2v) is 9.60. The molecule has 31 heavy (non-hydrogen) atoms. The van der Waals surface area contributed by atoms with Gasteiger partial charge < -0.3 is 4.74 Å². The fourth-order valence-corrected chi connectivity index (χ4v) is 4.28. The van der Waals surface area contributed by atoms with E-state index in [-0.39, 0.29) is 13.5 Å². The minimum Gasteiger partial charge on any atom is -0.381 e. The normalized spacial score (nSPS) is 22.0. The third kappa shape index (κ3) is 16.8. The standard InChI is InChI=1S/C13H23Br.C8H14O2.C4H10.C2H6.CH4/c1-5-12-11(9-14)7-6-8-13(12,4)10(2)3;1-4-8(10-3)5-7(2)6-9;1-4(2)3;1-2;/h9-10,12H,5-8H2,1-4H3;6,8H,2,4-5H2,1,3H3;4H,1-3H3;1-2H3;1H4/b11-9+;;;;. The molecule has 0 saturated heterocycles. The third-order valence-electron chi connectivity index (χ3n) is 5.74. The van der Waals surface area contributed by atoms with E-state index < -0.39 is 0 Å². The van der Waals surface area contributed by atoms with Crippen molar-refractivity contribution in [1.29, 1.82) is 0 Å². The number of hydrogen-bond acceptors (Lipinski definition) is 2. The number of halogens is 1. The maximum Gasteiger partial charge on any atom is 0.145 e. The lowest BCUT2D eigenvalue weighted by Gasteiger charge is -2.46. The minimum atomic E-state index is 0. The van der Waals surface area contributed by atoms with Gasteiger partial charge in [-0.15, -0.1) is 0 Å². The molecule has 1 fully saturated rings. The number of hydrogen-bond donors (Lipinski definition) is 0. The first kappa shape index (κ1) is 37.9. The highest BCUT2D eigenvalue weighted by molar-refractivity contribution is 9.11. The van der Waals surface area contributed by atoms with Gasteiger partial charge in [-0.05, 0) is 65.8 Å². The first-order chi connectivity index (χ1) is 14.0. The minimum absolute atomic E-state index is 0. The van der Waals surface area contributed by atoms with Crippen LogP contribution in [0.3, 0.4) is 0 Å². The van der Waals surface area contributed by atoms with E-state index in [1.54, 1.807) is 12.7 Å². The van der Waals surface area contributed by atoms with Crippen molar-refractivity contribution < 1.29 is 9.53 Å². The van der Waals surface area contributed by atoms with Gasteiger partial charge in [-0.3, -0.25) is 4.79 Å². The number of carbonyl (C=O) groups is 1. The predicted molar refractivity (Wildman–Crippen MR) is 147 cm³/mol. The Morgan fingerprint density at radius 2 is 1.71 bits per heavy atom. The van der Waals surface area contributed by atoms with Crippen LogP contribution in [0.2, 0.25) is 0 Å². The summed E-state index contributed by atoms with van der Waals surface area (Å²) in [5, 5.41) is 0. The summed E-state index contributed by atoms with van der Waals surface area (Å²) < 4.78 is 5.05. The zero-order valence-electron chi connectivity index (χ0n) is 22.1. The van der Waals surface area contributed by atoms with Gasteiger partial charge >= 0.3 is 0 Å². The van der Waals surface area contributed by atoms with Crippen LogP contribution in [0.25, 0.3) is 0 Å².